The second-order valence-corrected chi connectivity index (χ2v) is 2.76. The van der Waals surface area contributed by atoms with E-state index in [1.807, 2.05) is 39.8 Å². The number of hydrogen-bond acceptors (Lipinski definition) is 2. The minimum atomic E-state index is -0.781. The fourth-order valence-electron chi connectivity index (χ4n) is 0.923. The van der Waals surface area contributed by atoms with E-state index in [1.54, 1.807) is 0 Å². The summed E-state index contributed by atoms with van der Waals surface area (Å²) in [6.45, 7) is 8.22. The van der Waals surface area contributed by atoms with Gasteiger partial charge in [0.15, 0.2) is 6.29 Å². The van der Waals surface area contributed by atoms with Crippen molar-refractivity contribution in [2.75, 3.05) is 6.61 Å². The zero-order valence-electron chi connectivity index (χ0n) is 8.29. The zero-order chi connectivity index (χ0) is 9.56. The van der Waals surface area contributed by atoms with Crippen LogP contribution < -0.4 is 0 Å². The number of hydrogen-bond donors (Lipinski definition) is 1. The highest BCUT2D eigenvalue weighted by atomic mass is 16.6. The third-order valence-electron chi connectivity index (χ3n) is 1.51. The summed E-state index contributed by atoms with van der Waals surface area (Å²) in [5, 5.41) is 9.48. The Kier molecular flexibility index (Phi) is 5.68. The smallest absolute Gasteiger partial charge is 0.181 e. The van der Waals surface area contributed by atoms with Crippen LogP contribution in [0.1, 0.15) is 27.7 Å². The summed E-state index contributed by atoms with van der Waals surface area (Å²) in [6.07, 6.45) is 2.98. The molecule has 0 spiro atoms. The molecule has 0 fully saturated rings. The first-order valence-electron chi connectivity index (χ1n) is 4.23. The van der Waals surface area contributed by atoms with Crippen molar-refractivity contribution >= 4 is 0 Å². The molecule has 2 heteroatoms. The molecule has 1 N–H and O–H groups in total. The summed E-state index contributed by atoms with van der Waals surface area (Å²) in [5.74, 6) is 0. The lowest BCUT2D eigenvalue weighted by atomic mass is 10.1. The number of aliphatic hydroxyl groups is 1. The van der Waals surface area contributed by atoms with Gasteiger partial charge in [-0.1, -0.05) is 17.7 Å². The van der Waals surface area contributed by atoms with Crippen LogP contribution in [0.3, 0.4) is 0 Å². The molecule has 0 aromatic carbocycles. The predicted octanol–water partition coefficient (Wildman–Crippen LogP) is 2.25. The minimum Gasteiger partial charge on any atom is -0.364 e. The Morgan fingerprint density at radius 1 is 1.50 bits per heavy atom. The average Bonchev–Trinajstić information content (AvgIpc) is 1.99. The van der Waals surface area contributed by atoms with Gasteiger partial charge in [-0.15, -0.1) is 0 Å². The zero-order valence-corrected chi connectivity index (χ0v) is 8.29. The molecule has 0 saturated heterocycles. The van der Waals surface area contributed by atoms with Gasteiger partial charge in [0.05, 0.1) is 0 Å². The molecule has 1 atom stereocenters. The molecular formula is C10H18O2. The van der Waals surface area contributed by atoms with E-state index in [0.29, 0.717) is 6.61 Å². The van der Waals surface area contributed by atoms with E-state index < -0.39 is 6.29 Å². The lowest BCUT2D eigenvalue weighted by Gasteiger charge is -2.13. The van der Waals surface area contributed by atoms with Crippen molar-refractivity contribution in [2.24, 2.45) is 0 Å². The van der Waals surface area contributed by atoms with Gasteiger partial charge in [-0.05, 0) is 27.7 Å². The molecule has 0 bridgehead atoms. The van der Waals surface area contributed by atoms with Crippen LogP contribution in [0.5, 0.6) is 0 Å². The summed E-state index contributed by atoms with van der Waals surface area (Å²) in [7, 11) is 0. The van der Waals surface area contributed by atoms with Gasteiger partial charge < -0.3 is 9.84 Å². The van der Waals surface area contributed by atoms with Gasteiger partial charge in [0.1, 0.15) is 0 Å². The summed E-state index contributed by atoms with van der Waals surface area (Å²) >= 11 is 0. The maximum atomic E-state index is 9.48. The Bertz CT molecular complexity index is 176. The molecule has 2 nitrogen and oxygen atoms in total. The van der Waals surface area contributed by atoms with E-state index in [2.05, 4.69) is 0 Å². The predicted molar refractivity (Wildman–Crippen MR) is 50.8 cm³/mol. The van der Waals surface area contributed by atoms with Crippen LogP contribution in [0, 0.1) is 0 Å². The molecule has 0 rings (SSSR count). The second kappa shape index (κ2) is 5.98. The molecule has 0 saturated carbocycles. The van der Waals surface area contributed by atoms with E-state index in [-0.39, 0.29) is 0 Å². The van der Waals surface area contributed by atoms with E-state index in [0.717, 1.165) is 11.1 Å². The van der Waals surface area contributed by atoms with Crippen molar-refractivity contribution < 1.29 is 9.84 Å². The van der Waals surface area contributed by atoms with Crippen LogP contribution in [0.25, 0.3) is 0 Å². The lowest BCUT2D eigenvalue weighted by Crippen LogP contribution is -2.14. The molecule has 0 amide bonds. The Morgan fingerprint density at radius 3 is 2.42 bits per heavy atom. The molecule has 70 valence electrons. The van der Waals surface area contributed by atoms with Gasteiger partial charge in [-0.25, -0.2) is 0 Å². The van der Waals surface area contributed by atoms with Crippen molar-refractivity contribution in [1.82, 2.24) is 0 Å². The normalized spacial score (nSPS) is 13.4. The van der Waals surface area contributed by atoms with Crippen LogP contribution in [0.4, 0.5) is 0 Å². The van der Waals surface area contributed by atoms with Crippen LogP contribution in [-0.4, -0.2) is 18.0 Å². The van der Waals surface area contributed by atoms with E-state index >= 15 is 0 Å². The first-order valence-corrected chi connectivity index (χ1v) is 4.23. The molecule has 1 unspecified atom stereocenters. The second-order valence-electron chi connectivity index (χ2n) is 2.76. The summed E-state index contributed by atoms with van der Waals surface area (Å²) < 4.78 is 5.06. The van der Waals surface area contributed by atoms with Crippen molar-refractivity contribution in [3.05, 3.63) is 23.3 Å². The molecule has 0 aromatic heterocycles. The van der Waals surface area contributed by atoms with Crippen molar-refractivity contribution in [3.8, 4) is 0 Å². The highest BCUT2D eigenvalue weighted by Gasteiger charge is 2.07. The maximum absolute atomic E-state index is 9.48. The van der Waals surface area contributed by atoms with Gasteiger partial charge in [0.2, 0.25) is 0 Å². The standard InChI is InChI=1S/C10H18O2/c1-5-7-9(8(3)4)10(11)12-6-2/h5,7,10-11H,6H2,1-4H3/b7-5-. The van der Waals surface area contributed by atoms with Crippen LogP contribution >= 0.6 is 0 Å². The van der Waals surface area contributed by atoms with Crippen molar-refractivity contribution in [1.29, 1.82) is 0 Å². The van der Waals surface area contributed by atoms with E-state index in [9.17, 15) is 5.11 Å². The number of allylic oxidation sites excluding steroid dienone is 2. The quantitative estimate of drug-likeness (QED) is 0.518. The first kappa shape index (κ1) is 11.4. The molecule has 0 aliphatic heterocycles. The Labute approximate surface area is 74.6 Å². The van der Waals surface area contributed by atoms with Crippen LogP contribution in [0.2, 0.25) is 0 Å². The van der Waals surface area contributed by atoms with Gasteiger partial charge in [-0.3, -0.25) is 0 Å². The Balaban J connectivity index is 4.42. The summed E-state index contributed by atoms with van der Waals surface area (Å²) in [4.78, 5) is 0. The fourth-order valence-corrected chi connectivity index (χ4v) is 0.923. The topological polar surface area (TPSA) is 29.5 Å². The molecule has 0 radical (unpaired) electrons. The fraction of sp³-hybridized carbons (Fsp3) is 0.600. The average molecular weight is 170 g/mol. The monoisotopic (exact) mass is 170 g/mol. The third kappa shape index (κ3) is 3.69. The number of aliphatic hydroxyl groups excluding tert-OH is 1. The molecule has 0 aliphatic carbocycles. The lowest BCUT2D eigenvalue weighted by molar-refractivity contribution is -0.0652. The number of ether oxygens (including phenoxy) is 1. The highest BCUT2D eigenvalue weighted by molar-refractivity contribution is 5.25. The van der Waals surface area contributed by atoms with Gasteiger partial charge in [-0.2, -0.15) is 0 Å². The van der Waals surface area contributed by atoms with Crippen molar-refractivity contribution in [2.45, 2.75) is 34.0 Å². The van der Waals surface area contributed by atoms with E-state index in [1.165, 1.54) is 0 Å². The van der Waals surface area contributed by atoms with Crippen molar-refractivity contribution in [3.63, 3.8) is 0 Å². The molecular weight excluding hydrogens is 152 g/mol. The maximum Gasteiger partial charge on any atom is 0.181 e. The highest BCUT2D eigenvalue weighted by Crippen LogP contribution is 2.11. The minimum absolute atomic E-state index is 0.523. The van der Waals surface area contributed by atoms with Crippen LogP contribution in [0.15, 0.2) is 23.3 Å². The summed E-state index contributed by atoms with van der Waals surface area (Å²) in [6, 6.07) is 0. The van der Waals surface area contributed by atoms with Gasteiger partial charge in [0, 0.05) is 12.2 Å². The Hall–Kier alpha value is -0.600. The summed E-state index contributed by atoms with van der Waals surface area (Å²) in [5.41, 5.74) is 1.92. The Morgan fingerprint density at radius 2 is 2.08 bits per heavy atom. The molecule has 12 heavy (non-hydrogen) atoms. The number of rotatable bonds is 4. The van der Waals surface area contributed by atoms with E-state index in [4.69, 9.17) is 4.74 Å². The largest absolute Gasteiger partial charge is 0.364 e. The van der Waals surface area contributed by atoms with Gasteiger partial charge >= 0.3 is 0 Å². The molecule has 0 aromatic rings. The third-order valence-corrected chi connectivity index (χ3v) is 1.51. The molecule has 0 aliphatic rings. The first-order chi connectivity index (χ1) is 5.63. The molecule has 0 heterocycles. The SMILES string of the molecule is C/C=C\C(=C(C)C)C(O)OCC. The van der Waals surface area contributed by atoms with Gasteiger partial charge in [0.25, 0.3) is 0 Å². The van der Waals surface area contributed by atoms with Crippen LogP contribution in [-0.2, 0) is 4.74 Å².